The van der Waals surface area contributed by atoms with Gasteiger partial charge in [-0.3, -0.25) is 0 Å². The van der Waals surface area contributed by atoms with Gasteiger partial charge in [0.05, 0.1) is 5.71 Å². The van der Waals surface area contributed by atoms with Crippen molar-refractivity contribution in [3.05, 3.63) is 48.0 Å². The van der Waals surface area contributed by atoms with Crippen molar-refractivity contribution >= 4 is 11.7 Å². The number of aliphatic carboxylic acids is 1. The topological polar surface area (TPSA) is 75.7 Å². The molecule has 0 heterocycles. The lowest BCUT2D eigenvalue weighted by molar-refractivity contribution is -0.131. The maximum Gasteiger partial charge on any atom is 0.328 e. The predicted octanol–water partition coefficient (Wildman–Crippen LogP) is 0.990. The summed E-state index contributed by atoms with van der Waals surface area (Å²) in [6.45, 7) is 0. The number of carboxylic acids is 1. The second-order valence-electron chi connectivity index (χ2n) is 2.55. The number of allylic oxidation sites excluding steroid dienone is 1. The molecule has 0 aliphatic carbocycles. The van der Waals surface area contributed by atoms with E-state index in [0.29, 0.717) is 5.71 Å². The maximum atomic E-state index is 10.3. The molecule has 0 amide bonds. The first-order valence-corrected chi connectivity index (χ1v) is 3.98. The molecule has 1 aromatic rings. The molecule has 4 heteroatoms. The Balaban J connectivity index is 2.90. The van der Waals surface area contributed by atoms with Gasteiger partial charge in [-0.2, -0.15) is 5.10 Å². The average Bonchev–Trinajstić information content (AvgIpc) is 2.20. The highest BCUT2D eigenvalue weighted by Crippen LogP contribution is 2.01. The molecule has 0 radical (unpaired) electrons. The Morgan fingerprint density at radius 1 is 1.29 bits per heavy atom. The van der Waals surface area contributed by atoms with Crippen LogP contribution in [-0.4, -0.2) is 16.8 Å². The summed E-state index contributed by atoms with van der Waals surface area (Å²) in [5.74, 6) is 4.11. The Morgan fingerprint density at radius 3 is 2.43 bits per heavy atom. The van der Waals surface area contributed by atoms with E-state index in [9.17, 15) is 4.79 Å². The molecular formula is C10H10N2O2. The van der Waals surface area contributed by atoms with Crippen molar-refractivity contribution in [2.45, 2.75) is 0 Å². The standard InChI is InChI=1S/C10H10N2O2/c11-12-9(6-7-10(13)14)8-4-2-1-3-5-8/h1-7H,11H2,(H,13,14)/b7-6+,12-9+. The number of carbonyl (C=O) groups is 1. The quantitative estimate of drug-likeness (QED) is 0.323. The van der Waals surface area contributed by atoms with Crippen LogP contribution in [-0.2, 0) is 4.79 Å². The van der Waals surface area contributed by atoms with E-state index in [1.165, 1.54) is 6.08 Å². The zero-order chi connectivity index (χ0) is 10.4. The lowest BCUT2D eigenvalue weighted by Gasteiger charge is -1.97. The molecule has 14 heavy (non-hydrogen) atoms. The second kappa shape index (κ2) is 4.81. The molecular weight excluding hydrogens is 180 g/mol. The Bertz CT molecular complexity index is 369. The number of hydrogen-bond donors (Lipinski definition) is 2. The summed E-state index contributed by atoms with van der Waals surface area (Å²) in [5.41, 5.74) is 1.22. The SMILES string of the molecule is N/N=C(\C=C\C(=O)O)c1ccccc1. The monoisotopic (exact) mass is 190 g/mol. The van der Waals surface area contributed by atoms with Crippen molar-refractivity contribution < 1.29 is 9.90 Å². The third-order valence-electron chi connectivity index (χ3n) is 1.59. The summed E-state index contributed by atoms with van der Waals surface area (Å²) in [5, 5.41) is 11.9. The summed E-state index contributed by atoms with van der Waals surface area (Å²) in [6, 6.07) is 9.12. The number of carboxylic acid groups (broad SMARTS) is 1. The normalized spacial score (nSPS) is 11.9. The molecule has 0 aliphatic heterocycles. The summed E-state index contributed by atoms with van der Waals surface area (Å²) >= 11 is 0. The third-order valence-corrected chi connectivity index (χ3v) is 1.59. The van der Waals surface area contributed by atoms with Crippen molar-refractivity contribution in [1.82, 2.24) is 0 Å². The van der Waals surface area contributed by atoms with Crippen LogP contribution in [0, 0.1) is 0 Å². The lowest BCUT2D eigenvalue weighted by atomic mass is 10.1. The van der Waals surface area contributed by atoms with Gasteiger partial charge in [-0.15, -0.1) is 0 Å². The fraction of sp³-hybridized carbons (Fsp3) is 0. The highest BCUT2D eigenvalue weighted by molar-refractivity contribution is 6.10. The largest absolute Gasteiger partial charge is 0.478 e. The van der Waals surface area contributed by atoms with E-state index in [-0.39, 0.29) is 0 Å². The Labute approximate surface area is 81.4 Å². The van der Waals surface area contributed by atoms with Gasteiger partial charge in [0.15, 0.2) is 0 Å². The fourth-order valence-corrected chi connectivity index (χ4v) is 0.973. The van der Waals surface area contributed by atoms with Crippen LogP contribution >= 0.6 is 0 Å². The summed E-state index contributed by atoms with van der Waals surface area (Å²) in [4.78, 5) is 10.3. The highest BCUT2D eigenvalue weighted by Gasteiger charge is 1.98. The average molecular weight is 190 g/mol. The van der Waals surface area contributed by atoms with Crippen LogP contribution in [0.1, 0.15) is 5.56 Å². The second-order valence-corrected chi connectivity index (χ2v) is 2.55. The minimum Gasteiger partial charge on any atom is -0.478 e. The van der Waals surface area contributed by atoms with Crippen LogP contribution in [0.3, 0.4) is 0 Å². The van der Waals surface area contributed by atoms with E-state index in [1.54, 1.807) is 12.1 Å². The molecule has 3 N–H and O–H groups in total. The van der Waals surface area contributed by atoms with Gasteiger partial charge in [0.25, 0.3) is 0 Å². The molecule has 4 nitrogen and oxygen atoms in total. The number of hydrogen-bond acceptors (Lipinski definition) is 3. The number of nitrogens with zero attached hydrogens (tertiary/aromatic N) is 1. The molecule has 0 bridgehead atoms. The van der Waals surface area contributed by atoms with Crippen molar-refractivity contribution in [3.8, 4) is 0 Å². The number of rotatable bonds is 3. The summed E-state index contributed by atoms with van der Waals surface area (Å²) in [7, 11) is 0. The first kappa shape index (κ1) is 9.98. The molecule has 72 valence electrons. The van der Waals surface area contributed by atoms with E-state index in [4.69, 9.17) is 10.9 Å². The smallest absolute Gasteiger partial charge is 0.328 e. The van der Waals surface area contributed by atoms with Gasteiger partial charge in [0, 0.05) is 11.6 Å². The first-order valence-electron chi connectivity index (χ1n) is 3.98. The molecule has 0 atom stereocenters. The van der Waals surface area contributed by atoms with E-state index in [2.05, 4.69) is 5.10 Å². The molecule has 1 rings (SSSR count). The third kappa shape index (κ3) is 2.75. The number of hydrazone groups is 1. The van der Waals surface area contributed by atoms with Gasteiger partial charge in [-0.25, -0.2) is 4.79 Å². The summed E-state index contributed by atoms with van der Waals surface area (Å²) in [6.07, 6.45) is 2.36. The van der Waals surface area contributed by atoms with Crippen LogP contribution in [0.15, 0.2) is 47.6 Å². The van der Waals surface area contributed by atoms with Gasteiger partial charge in [0.1, 0.15) is 0 Å². The highest BCUT2D eigenvalue weighted by atomic mass is 16.4. The van der Waals surface area contributed by atoms with Crippen molar-refractivity contribution in [3.63, 3.8) is 0 Å². The van der Waals surface area contributed by atoms with Gasteiger partial charge < -0.3 is 10.9 Å². The van der Waals surface area contributed by atoms with Crippen LogP contribution in [0.5, 0.6) is 0 Å². The Kier molecular flexibility index (Phi) is 3.43. The van der Waals surface area contributed by atoms with Crippen LogP contribution < -0.4 is 5.84 Å². The zero-order valence-corrected chi connectivity index (χ0v) is 7.42. The maximum absolute atomic E-state index is 10.3. The molecule has 0 saturated carbocycles. The van der Waals surface area contributed by atoms with Crippen LogP contribution in [0.25, 0.3) is 0 Å². The molecule has 0 fully saturated rings. The van der Waals surface area contributed by atoms with Crippen molar-refractivity contribution in [2.75, 3.05) is 0 Å². The van der Waals surface area contributed by atoms with Gasteiger partial charge >= 0.3 is 5.97 Å². The van der Waals surface area contributed by atoms with Crippen LogP contribution in [0.2, 0.25) is 0 Å². The Hall–Kier alpha value is -2.10. The first-order chi connectivity index (χ1) is 6.74. The Morgan fingerprint density at radius 2 is 1.93 bits per heavy atom. The zero-order valence-electron chi connectivity index (χ0n) is 7.42. The number of nitrogens with two attached hydrogens (primary N) is 1. The summed E-state index contributed by atoms with van der Waals surface area (Å²) < 4.78 is 0. The van der Waals surface area contributed by atoms with E-state index in [0.717, 1.165) is 11.6 Å². The van der Waals surface area contributed by atoms with Gasteiger partial charge in [-0.1, -0.05) is 30.3 Å². The molecule has 0 spiro atoms. The molecule has 0 aliphatic rings. The minimum atomic E-state index is -1.03. The van der Waals surface area contributed by atoms with E-state index >= 15 is 0 Å². The molecule has 0 unspecified atom stereocenters. The van der Waals surface area contributed by atoms with Crippen molar-refractivity contribution in [1.29, 1.82) is 0 Å². The fourth-order valence-electron chi connectivity index (χ4n) is 0.973. The van der Waals surface area contributed by atoms with Gasteiger partial charge in [-0.05, 0) is 6.08 Å². The lowest BCUT2D eigenvalue weighted by Crippen LogP contribution is -2.01. The molecule has 0 saturated heterocycles. The minimum absolute atomic E-state index is 0.438. The number of benzene rings is 1. The molecule has 0 aromatic heterocycles. The van der Waals surface area contributed by atoms with E-state index < -0.39 is 5.97 Å². The van der Waals surface area contributed by atoms with Crippen LogP contribution in [0.4, 0.5) is 0 Å². The van der Waals surface area contributed by atoms with E-state index in [1.807, 2.05) is 18.2 Å². The predicted molar refractivity (Wildman–Crippen MR) is 53.9 cm³/mol. The van der Waals surface area contributed by atoms with Crippen molar-refractivity contribution in [2.24, 2.45) is 10.9 Å². The van der Waals surface area contributed by atoms with Gasteiger partial charge in [0.2, 0.25) is 0 Å². The molecule has 1 aromatic carbocycles.